The van der Waals surface area contributed by atoms with Gasteiger partial charge in [-0.1, -0.05) is 0 Å². The van der Waals surface area contributed by atoms with Gasteiger partial charge in [0.25, 0.3) is 0 Å². The lowest BCUT2D eigenvalue weighted by Gasteiger charge is -2.15. The van der Waals surface area contributed by atoms with E-state index < -0.39 is 10.0 Å². The molecule has 23 heavy (non-hydrogen) atoms. The van der Waals surface area contributed by atoms with Crippen LogP contribution in [-0.4, -0.2) is 47.7 Å². The minimum atomic E-state index is -3.44. The molecular formula is C15H20N4O3S. The van der Waals surface area contributed by atoms with Gasteiger partial charge in [-0.2, -0.15) is 9.40 Å². The fourth-order valence-electron chi connectivity index (χ4n) is 2.87. The Morgan fingerprint density at radius 2 is 1.87 bits per heavy atom. The summed E-state index contributed by atoms with van der Waals surface area (Å²) < 4.78 is 33.5. The Hall–Kier alpha value is -1.93. The number of hydrogen-bond donors (Lipinski definition) is 0. The average molecular weight is 336 g/mol. The van der Waals surface area contributed by atoms with Crippen molar-refractivity contribution < 1.29 is 13.2 Å². The molecule has 0 radical (unpaired) electrons. The molecule has 3 rings (SSSR count). The van der Waals surface area contributed by atoms with Crippen LogP contribution < -0.4 is 4.74 Å². The Kier molecular flexibility index (Phi) is 4.11. The van der Waals surface area contributed by atoms with Gasteiger partial charge in [0.05, 0.1) is 12.8 Å². The molecule has 0 atom stereocenters. The number of nitrogens with zero attached hydrogens (tertiary/aromatic N) is 4. The summed E-state index contributed by atoms with van der Waals surface area (Å²) in [7, 11) is -1.84. The largest absolute Gasteiger partial charge is 0.493 e. The van der Waals surface area contributed by atoms with Crippen molar-refractivity contribution >= 4 is 10.0 Å². The first kappa shape index (κ1) is 15.9. The Labute approximate surface area is 135 Å². The highest BCUT2D eigenvalue weighted by molar-refractivity contribution is 7.89. The number of rotatable bonds is 4. The van der Waals surface area contributed by atoms with Crippen LogP contribution in [0.1, 0.15) is 24.2 Å². The van der Waals surface area contributed by atoms with E-state index in [0.717, 1.165) is 24.2 Å². The van der Waals surface area contributed by atoms with Crippen LogP contribution in [0.4, 0.5) is 0 Å². The minimum Gasteiger partial charge on any atom is -0.493 e. The van der Waals surface area contributed by atoms with Gasteiger partial charge >= 0.3 is 0 Å². The SMILES string of the molecule is COc1c(C)nn(-c2ccc(S(=O)(=O)N3CCCC3)cn2)c1C. The van der Waals surface area contributed by atoms with E-state index in [9.17, 15) is 8.42 Å². The van der Waals surface area contributed by atoms with Crippen molar-refractivity contribution in [3.05, 3.63) is 29.7 Å². The molecule has 2 aromatic heterocycles. The molecule has 0 spiro atoms. The number of ether oxygens (including phenoxy) is 1. The molecule has 0 aromatic carbocycles. The van der Waals surface area contributed by atoms with Crippen molar-refractivity contribution in [2.75, 3.05) is 20.2 Å². The second-order valence-electron chi connectivity index (χ2n) is 5.58. The third-order valence-electron chi connectivity index (χ3n) is 4.07. The Bertz CT molecular complexity index is 806. The first-order valence-corrected chi connectivity index (χ1v) is 8.96. The van der Waals surface area contributed by atoms with Crippen LogP contribution in [0, 0.1) is 13.8 Å². The van der Waals surface area contributed by atoms with Crippen molar-refractivity contribution in [2.45, 2.75) is 31.6 Å². The van der Waals surface area contributed by atoms with Gasteiger partial charge in [0.15, 0.2) is 11.6 Å². The summed E-state index contributed by atoms with van der Waals surface area (Å²) in [5.74, 6) is 1.27. The molecule has 1 aliphatic heterocycles. The third kappa shape index (κ3) is 2.72. The topological polar surface area (TPSA) is 77.3 Å². The van der Waals surface area contributed by atoms with E-state index in [1.54, 1.807) is 23.9 Å². The molecule has 1 aliphatic rings. The molecule has 8 heteroatoms. The van der Waals surface area contributed by atoms with Crippen LogP contribution in [-0.2, 0) is 10.0 Å². The van der Waals surface area contributed by atoms with Crippen LogP contribution in [0.3, 0.4) is 0 Å². The zero-order valence-corrected chi connectivity index (χ0v) is 14.3. The predicted molar refractivity (Wildman–Crippen MR) is 85.4 cm³/mol. The maximum atomic E-state index is 12.5. The number of aryl methyl sites for hydroxylation is 1. The van der Waals surface area contributed by atoms with E-state index in [-0.39, 0.29) is 4.90 Å². The fraction of sp³-hybridized carbons (Fsp3) is 0.467. The highest BCUT2D eigenvalue weighted by Crippen LogP contribution is 2.25. The molecule has 0 saturated carbocycles. The predicted octanol–water partition coefficient (Wildman–Crippen LogP) is 1.68. The van der Waals surface area contributed by atoms with Gasteiger partial charge < -0.3 is 4.74 Å². The van der Waals surface area contributed by atoms with Crippen molar-refractivity contribution in [1.29, 1.82) is 0 Å². The standard InChI is InChI=1S/C15H20N4O3S/c1-11-15(22-3)12(2)19(17-11)14-7-6-13(10-16-14)23(20,21)18-8-4-5-9-18/h6-7,10H,4-5,8-9H2,1-3H3. The number of hydrogen-bond acceptors (Lipinski definition) is 5. The zero-order chi connectivity index (χ0) is 16.6. The van der Waals surface area contributed by atoms with Crippen molar-refractivity contribution in [3.63, 3.8) is 0 Å². The second-order valence-corrected chi connectivity index (χ2v) is 7.52. The lowest BCUT2D eigenvalue weighted by atomic mass is 10.3. The number of pyridine rings is 1. The Morgan fingerprint density at radius 1 is 1.17 bits per heavy atom. The molecule has 0 bridgehead atoms. The first-order valence-electron chi connectivity index (χ1n) is 7.52. The van der Waals surface area contributed by atoms with E-state index in [0.29, 0.717) is 24.7 Å². The van der Waals surface area contributed by atoms with Crippen molar-refractivity contribution in [1.82, 2.24) is 19.1 Å². The van der Waals surface area contributed by atoms with E-state index in [1.165, 1.54) is 10.5 Å². The highest BCUT2D eigenvalue weighted by Gasteiger charge is 2.27. The smallest absolute Gasteiger partial charge is 0.244 e. The molecule has 0 aliphatic carbocycles. The molecule has 7 nitrogen and oxygen atoms in total. The van der Waals surface area contributed by atoms with Gasteiger partial charge in [0.2, 0.25) is 10.0 Å². The lowest BCUT2D eigenvalue weighted by Crippen LogP contribution is -2.28. The molecular weight excluding hydrogens is 316 g/mol. The molecule has 2 aromatic rings. The van der Waals surface area contributed by atoms with Crippen LogP contribution in [0.15, 0.2) is 23.2 Å². The summed E-state index contributed by atoms with van der Waals surface area (Å²) in [6, 6.07) is 3.25. The Balaban J connectivity index is 1.94. The summed E-state index contributed by atoms with van der Waals surface area (Å²) in [6.45, 7) is 4.90. The molecule has 0 amide bonds. The average Bonchev–Trinajstić information content (AvgIpc) is 3.16. The van der Waals surface area contributed by atoms with Crippen LogP contribution in [0.5, 0.6) is 5.75 Å². The van der Waals surface area contributed by atoms with E-state index in [2.05, 4.69) is 10.1 Å². The summed E-state index contributed by atoms with van der Waals surface area (Å²) in [5.41, 5.74) is 1.59. The fourth-order valence-corrected chi connectivity index (χ4v) is 4.34. The first-order chi connectivity index (χ1) is 10.9. The number of aromatic nitrogens is 3. The second kappa shape index (κ2) is 5.93. The maximum absolute atomic E-state index is 12.5. The number of methoxy groups -OCH3 is 1. The van der Waals surface area contributed by atoms with Gasteiger partial charge in [-0.05, 0) is 38.8 Å². The molecule has 1 fully saturated rings. The normalized spacial score (nSPS) is 16.0. The van der Waals surface area contributed by atoms with Gasteiger partial charge in [0, 0.05) is 19.3 Å². The van der Waals surface area contributed by atoms with Gasteiger partial charge in [-0.3, -0.25) is 0 Å². The number of sulfonamides is 1. The summed E-state index contributed by atoms with van der Waals surface area (Å²) >= 11 is 0. The van der Waals surface area contributed by atoms with Crippen molar-refractivity contribution in [3.8, 4) is 11.6 Å². The minimum absolute atomic E-state index is 0.219. The monoisotopic (exact) mass is 336 g/mol. The van der Waals surface area contributed by atoms with Gasteiger partial charge in [-0.25, -0.2) is 18.1 Å². The lowest BCUT2D eigenvalue weighted by molar-refractivity contribution is 0.408. The molecule has 0 unspecified atom stereocenters. The maximum Gasteiger partial charge on any atom is 0.244 e. The summed E-state index contributed by atoms with van der Waals surface area (Å²) in [5, 5.41) is 4.39. The summed E-state index contributed by atoms with van der Waals surface area (Å²) in [4.78, 5) is 4.49. The van der Waals surface area contributed by atoms with Gasteiger partial charge in [-0.15, -0.1) is 0 Å². The van der Waals surface area contributed by atoms with E-state index in [1.807, 2.05) is 13.8 Å². The molecule has 3 heterocycles. The zero-order valence-electron chi connectivity index (χ0n) is 13.5. The summed E-state index contributed by atoms with van der Waals surface area (Å²) in [6.07, 6.45) is 3.22. The molecule has 0 N–H and O–H groups in total. The van der Waals surface area contributed by atoms with Crippen molar-refractivity contribution in [2.24, 2.45) is 0 Å². The third-order valence-corrected chi connectivity index (χ3v) is 5.95. The molecule has 124 valence electrons. The Morgan fingerprint density at radius 3 is 2.39 bits per heavy atom. The van der Waals surface area contributed by atoms with Crippen LogP contribution >= 0.6 is 0 Å². The van der Waals surface area contributed by atoms with Crippen LogP contribution in [0.2, 0.25) is 0 Å². The van der Waals surface area contributed by atoms with E-state index >= 15 is 0 Å². The van der Waals surface area contributed by atoms with Gasteiger partial charge in [0.1, 0.15) is 10.6 Å². The highest BCUT2D eigenvalue weighted by atomic mass is 32.2. The molecule has 1 saturated heterocycles. The van der Waals surface area contributed by atoms with E-state index in [4.69, 9.17) is 4.74 Å². The van der Waals surface area contributed by atoms with Crippen LogP contribution in [0.25, 0.3) is 5.82 Å². The quantitative estimate of drug-likeness (QED) is 0.849.